The average Bonchev–Trinajstić information content (AvgIpc) is 2.69. The van der Waals surface area contributed by atoms with Crippen molar-refractivity contribution >= 4 is 10.8 Å². The van der Waals surface area contributed by atoms with Gasteiger partial charge in [0.2, 0.25) is 0 Å². The first-order chi connectivity index (χ1) is 13.1. The predicted octanol–water partition coefficient (Wildman–Crippen LogP) is 3.64. The van der Waals surface area contributed by atoms with E-state index >= 15 is 0 Å². The van der Waals surface area contributed by atoms with E-state index in [9.17, 15) is 14.6 Å². The molecule has 0 radical (unpaired) electrons. The number of benzene rings is 3. The molecule has 0 spiro atoms. The smallest absolute Gasteiger partial charge is 0.127 e. The molecule has 3 aromatic carbocycles. The zero-order chi connectivity index (χ0) is 19.2. The van der Waals surface area contributed by atoms with Gasteiger partial charge >= 0.3 is 0 Å². The molecular formula is C22H23FO4. The Morgan fingerprint density at radius 3 is 2.52 bits per heavy atom. The maximum absolute atomic E-state index is 14.1. The third-order valence-electron chi connectivity index (χ3n) is 4.54. The van der Waals surface area contributed by atoms with Crippen molar-refractivity contribution in [2.45, 2.75) is 18.6 Å². The van der Waals surface area contributed by atoms with Gasteiger partial charge in [-0.1, -0.05) is 36.4 Å². The van der Waals surface area contributed by atoms with E-state index in [4.69, 9.17) is 9.47 Å². The Hall–Kier alpha value is -2.47. The van der Waals surface area contributed by atoms with E-state index in [2.05, 4.69) is 0 Å². The van der Waals surface area contributed by atoms with E-state index in [-0.39, 0.29) is 6.61 Å². The summed E-state index contributed by atoms with van der Waals surface area (Å²) >= 11 is 0. The molecule has 0 aromatic heterocycles. The molecule has 2 atom stereocenters. The Morgan fingerprint density at radius 2 is 1.78 bits per heavy atom. The first-order valence-electron chi connectivity index (χ1n) is 8.79. The molecule has 0 aliphatic carbocycles. The number of aliphatic hydroxyl groups is 2. The Balaban J connectivity index is 1.78. The molecule has 3 rings (SSSR count). The number of rotatable bonds is 8. The third kappa shape index (κ3) is 4.83. The minimum Gasteiger partial charge on any atom is -0.489 e. The van der Waals surface area contributed by atoms with Gasteiger partial charge in [-0.05, 0) is 40.1 Å². The second-order valence-electron chi connectivity index (χ2n) is 6.50. The van der Waals surface area contributed by atoms with Gasteiger partial charge in [0, 0.05) is 19.1 Å². The van der Waals surface area contributed by atoms with Crippen molar-refractivity contribution in [1.82, 2.24) is 0 Å². The van der Waals surface area contributed by atoms with Crippen LogP contribution in [0.5, 0.6) is 5.75 Å². The molecule has 2 N–H and O–H groups in total. The summed E-state index contributed by atoms with van der Waals surface area (Å²) in [5.41, 5.74) is 1.50. The van der Waals surface area contributed by atoms with Crippen molar-refractivity contribution in [3.8, 4) is 5.75 Å². The molecule has 0 saturated carbocycles. The standard InChI is InChI=1S/C22H23FO4/c1-26-14-21(22(25)12-24)18-9-19(23)11-20(10-18)27-13-15-6-7-16-4-2-3-5-17(16)8-15/h2-11,21-22,24-25H,12-14H2,1H3. The van der Waals surface area contributed by atoms with Gasteiger partial charge in [0.1, 0.15) is 18.2 Å². The fourth-order valence-corrected chi connectivity index (χ4v) is 3.11. The van der Waals surface area contributed by atoms with E-state index in [1.807, 2.05) is 42.5 Å². The van der Waals surface area contributed by atoms with Gasteiger partial charge in [-0.3, -0.25) is 0 Å². The number of aliphatic hydroxyl groups excluding tert-OH is 2. The Bertz CT molecular complexity index is 896. The van der Waals surface area contributed by atoms with Crippen LogP contribution in [0.2, 0.25) is 0 Å². The van der Waals surface area contributed by atoms with Crippen molar-refractivity contribution < 1.29 is 24.1 Å². The average molecular weight is 370 g/mol. The lowest BCUT2D eigenvalue weighted by molar-refractivity contribution is 0.0417. The zero-order valence-electron chi connectivity index (χ0n) is 15.1. The number of fused-ring (bicyclic) bond motifs is 1. The van der Waals surface area contributed by atoms with Crippen molar-refractivity contribution in [1.29, 1.82) is 0 Å². The summed E-state index contributed by atoms with van der Waals surface area (Å²) in [5, 5.41) is 21.5. The number of hydrogen-bond acceptors (Lipinski definition) is 4. The highest BCUT2D eigenvalue weighted by molar-refractivity contribution is 5.82. The van der Waals surface area contributed by atoms with E-state index < -0.39 is 24.4 Å². The second kappa shape index (κ2) is 8.95. The fraction of sp³-hybridized carbons (Fsp3) is 0.273. The lowest BCUT2D eigenvalue weighted by atomic mass is 9.94. The highest BCUT2D eigenvalue weighted by atomic mass is 19.1. The van der Waals surface area contributed by atoms with Gasteiger partial charge in [0.05, 0.1) is 19.3 Å². The Kier molecular flexibility index (Phi) is 6.40. The molecule has 5 heteroatoms. The molecule has 0 amide bonds. The van der Waals surface area contributed by atoms with Gasteiger partial charge in [-0.15, -0.1) is 0 Å². The van der Waals surface area contributed by atoms with Crippen LogP contribution in [-0.2, 0) is 11.3 Å². The lowest BCUT2D eigenvalue weighted by Crippen LogP contribution is -2.26. The van der Waals surface area contributed by atoms with Gasteiger partial charge in [-0.25, -0.2) is 4.39 Å². The lowest BCUT2D eigenvalue weighted by Gasteiger charge is -2.22. The van der Waals surface area contributed by atoms with Gasteiger partial charge in [0.15, 0.2) is 0 Å². The van der Waals surface area contributed by atoms with Crippen molar-refractivity contribution in [3.63, 3.8) is 0 Å². The van der Waals surface area contributed by atoms with Crippen LogP contribution < -0.4 is 4.74 Å². The van der Waals surface area contributed by atoms with E-state index in [0.29, 0.717) is 17.9 Å². The van der Waals surface area contributed by atoms with Crippen LogP contribution in [0.25, 0.3) is 10.8 Å². The summed E-state index contributed by atoms with van der Waals surface area (Å²) in [4.78, 5) is 0. The summed E-state index contributed by atoms with van der Waals surface area (Å²) in [6.45, 7) is 0.0261. The highest BCUT2D eigenvalue weighted by Crippen LogP contribution is 2.27. The van der Waals surface area contributed by atoms with Crippen LogP contribution in [0, 0.1) is 5.82 Å². The monoisotopic (exact) mass is 370 g/mol. The molecule has 0 saturated heterocycles. The van der Waals surface area contributed by atoms with E-state index in [1.165, 1.54) is 19.2 Å². The SMILES string of the molecule is COCC(c1cc(F)cc(OCc2ccc3ccccc3c2)c1)C(O)CO. The minimum atomic E-state index is -1.04. The topological polar surface area (TPSA) is 58.9 Å². The summed E-state index contributed by atoms with van der Waals surface area (Å²) in [7, 11) is 1.49. The number of halogens is 1. The molecule has 0 fully saturated rings. The van der Waals surface area contributed by atoms with Gasteiger partial charge in [-0.2, -0.15) is 0 Å². The normalized spacial score (nSPS) is 13.5. The molecule has 0 heterocycles. The van der Waals surface area contributed by atoms with Crippen molar-refractivity contribution in [2.75, 3.05) is 20.3 Å². The summed E-state index contributed by atoms with van der Waals surface area (Å²) < 4.78 is 24.9. The van der Waals surface area contributed by atoms with Crippen LogP contribution in [-0.4, -0.2) is 36.6 Å². The number of methoxy groups -OCH3 is 1. The number of ether oxygens (including phenoxy) is 2. The molecule has 27 heavy (non-hydrogen) atoms. The molecule has 142 valence electrons. The van der Waals surface area contributed by atoms with Crippen LogP contribution in [0.15, 0.2) is 60.7 Å². The first-order valence-corrected chi connectivity index (χ1v) is 8.79. The molecule has 2 unspecified atom stereocenters. The molecule has 4 nitrogen and oxygen atoms in total. The number of hydrogen-bond donors (Lipinski definition) is 2. The largest absolute Gasteiger partial charge is 0.489 e. The van der Waals surface area contributed by atoms with Crippen LogP contribution >= 0.6 is 0 Å². The van der Waals surface area contributed by atoms with Gasteiger partial charge in [0.25, 0.3) is 0 Å². The predicted molar refractivity (Wildman–Crippen MR) is 102 cm³/mol. The van der Waals surface area contributed by atoms with Crippen LogP contribution in [0.1, 0.15) is 17.0 Å². The first kappa shape index (κ1) is 19.3. The molecule has 0 bridgehead atoms. The zero-order valence-corrected chi connectivity index (χ0v) is 15.1. The van der Waals surface area contributed by atoms with Crippen molar-refractivity contribution in [2.24, 2.45) is 0 Å². The summed E-state index contributed by atoms with van der Waals surface area (Å²) in [6.07, 6.45) is -1.04. The Morgan fingerprint density at radius 1 is 1.00 bits per heavy atom. The molecule has 0 aliphatic heterocycles. The highest BCUT2D eigenvalue weighted by Gasteiger charge is 2.22. The molecular weight excluding hydrogens is 347 g/mol. The quantitative estimate of drug-likeness (QED) is 0.636. The van der Waals surface area contributed by atoms with E-state index in [1.54, 1.807) is 6.07 Å². The van der Waals surface area contributed by atoms with Crippen molar-refractivity contribution in [3.05, 3.63) is 77.6 Å². The summed E-state index contributed by atoms with van der Waals surface area (Å²) in [5.74, 6) is -0.643. The van der Waals surface area contributed by atoms with E-state index in [0.717, 1.165) is 16.3 Å². The van der Waals surface area contributed by atoms with Gasteiger partial charge < -0.3 is 19.7 Å². The third-order valence-corrected chi connectivity index (χ3v) is 4.54. The summed E-state index contributed by atoms with van der Waals surface area (Å²) in [6, 6.07) is 18.4. The minimum absolute atomic E-state index is 0.162. The molecule has 3 aromatic rings. The maximum Gasteiger partial charge on any atom is 0.127 e. The fourth-order valence-electron chi connectivity index (χ4n) is 3.11. The maximum atomic E-state index is 14.1. The van der Waals surface area contributed by atoms with Crippen LogP contribution in [0.4, 0.5) is 4.39 Å². The molecule has 0 aliphatic rings. The van der Waals surface area contributed by atoms with Crippen LogP contribution in [0.3, 0.4) is 0 Å². The second-order valence-corrected chi connectivity index (χ2v) is 6.50. The Labute approximate surface area is 157 Å².